The van der Waals surface area contributed by atoms with Crippen molar-refractivity contribution in [3.05, 3.63) is 11.3 Å². The largest absolute Gasteiger partial charge is 0.479 e. The second kappa shape index (κ2) is 3.78. The molecule has 0 saturated heterocycles. The first-order valence-electron chi connectivity index (χ1n) is 3.64. The molecular formula is C7H11ClN2O2. The van der Waals surface area contributed by atoms with Gasteiger partial charge in [0.25, 0.3) is 5.88 Å². The van der Waals surface area contributed by atoms with Crippen molar-refractivity contribution in [2.75, 3.05) is 13.7 Å². The van der Waals surface area contributed by atoms with Gasteiger partial charge in [-0.2, -0.15) is 0 Å². The van der Waals surface area contributed by atoms with Gasteiger partial charge in [-0.3, -0.25) is 0 Å². The summed E-state index contributed by atoms with van der Waals surface area (Å²) in [5, 5.41) is 7.00. The quantitative estimate of drug-likeness (QED) is 0.710. The summed E-state index contributed by atoms with van der Waals surface area (Å²) in [5.41, 5.74) is 1.07. The Labute approximate surface area is 76.7 Å². The summed E-state index contributed by atoms with van der Waals surface area (Å²) in [6.07, 6.45) is 0.908. The van der Waals surface area contributed by atoms with Gasteiger partial charge in [0.15, 0.2) is 0 Å². The van der Waals surface area contributed by atoms with Crippen molar-refractivity contribution in [2.24, 2.45) is 0 Å². The molecule has 1 aromatic heterocycles. The lowest BCUT2D eigenvalue weighted by Gasteiger charge is -2.09. The van der Waals surface area contributed by atoms with Gasteiger partial charge in [0.1, 0.15) is 5.76 Å². The summed E-state index contributed by atoms with van der Waals surface area (Å²) in [4.78, 5) is 0. The fourth-order valence-corrected chi connectivity index (χ4v) is 1.27. The number of rotatable bonds is 1. The fraction of sp³-hybridized carbons (Fsp3) is 0.571. The van der Waals surface area contributed by atoms with E-state index < -0.39 is 0 Å². The minimum Gasteiger partial charge on any atom is -0.479 e. The van der Waals surface area contributed by atoms with Gasteiger partial charge < -0.3 is 14.6 Å². The van der Waals surface area contributed by atoms with Crippen molar-refractivity contribution < 1.29 is 9.26 Å². The zero-order chi connectivity index (χ0) is 7.68. The van der Waals surface area contributed by atoms with E-state index in [9.17, 15) is 0 Å². The van der Waals surface area contributed by atoms with Crippen molar-refractivity contribution in [3.63, 3.8) is 0 Å². The van der Waals surface area contributed by atoms with E-state index in [2.05, 4.69) is 10.5 Å². The van der Waals surface area contributed by atoms with Crippen LogP contribution < -0.4 is 10.1 Å². The van der Waals surface area contributed by atoms with E-state index in [1.54, 1.807) is 7.11 Å². The van der Waals surface area contributed by atoms with Crippen LogP contribution >= 0.6 is 12.4 Å². The Morgan fingerprint density at radius 3 is 3.17 bits per heavy atom. The molecule has 1 aliphatic heterocycles. The van der Waals surface area contributed by atoms with Crippen LogP contribution in [-0.2, 0) is 13.0 Å². The van der Waals surface area contributed by atoms with Crippen LogP contribution in [0.3, 0.4) is 0 Å². The molecule has 2 heterocycles. The average molecular weight is 191 g/mol. The predicted octanol–water partition coefficient (Wildman–Crippen LogP) is 0.751. The Hall–Kier alpha value is -0.740. The SMILES string of the molecule is COc1noc2c1CNCC2.Cl. The highest BCUT2D eigenvalue weighted by Crippen LogP contribution is 2.23. The van der Waals surface area contributed by atoms with Crippen LogP contribution in [0.4, 0.5) is 0 Å². The number of halogens is 1. The molecule has 2 rings (SSSR count). The van der Waals surface area contributed by atoms with E-state index in [1.165, 1.54) is 0 Å². The highest BCUT2D eigenvalue weighted by atomic mass is 35.5. The minimum atomic E-state index is 0. The monoisotopic (exact) mass is 190 g/mol. The topological polar surface area (TPSA) is 47.3 Å². The molecule has 0 amide bonds. The number of nitrogens with zero attached hydrogens (tertiary/aromatic N) is 1. The van der Waals surface area contributed by atoms with Gasteiger partial charge in [0.05, 0.1) is 12.7 Å². The van der Waals surface area contributed by atoms with Crippen molar-refractivity contribution >= 4 is 12.4 Å². The van der Waals surface area contributed by atoms with Crippen molar-refractivity contribution in [2.45, 2.75) is 13.0 Å². The first kappa shape index (κ1) is 9.35. The highest BCUT2D eigenvalue weighted by molar-refractivity contribution is 5.85. The second-order valence-electron chi connectivity index (χ2n) is 2.52. The van der Waals surface area contributed by atoms with Crippen LogP contribution in [0, 0.1) is 0 Å². The molecule has 0 radical (unpaired) electrons. The van der Waals surface area contributed by atoms with Crippen LogP contribution in [0.15, 0.2) is 4.52 Å². The first-order chi connectivity index (χ1) is 5.42. The molecule has 5 heteroatoms. The molecule has 0 atom stereocenters. The highest BCUT2D eigenvalue weighted by Gasteiger charge is 2.18. The van der Waals surface area contributed by atoms with E-state index in [-0.39, 0.29) is 12.4 Å². The third kappa shape index (κ3) is 1.40. The van der Waals surface area contributed by atoms with E-state index in [4.69, 9.17) is 9.26 Å². The summed E-state index contributed by atoms with van der Waals surface area (Å²) in [6.45, 7) is 1.77. The average Bonchev–Trinajstić information content (AvgIpc) is 2.47. The van der Waals surface area contributed by atoms with Crippen molar-refractivity contribution in [1.29, 1.82) is 0 Å². The van der Waals surface area contributed by atoms with Gasteiger partial charge in [-0.25, -0.2) is 0 Å². The number of ether oxygens (including phenoxy) is 1. The van der Waals surface area contributed by atoms with Crippen LogP contribution in [0.5, 0.6) is 5.88 Å². The number of aromatic nitrogens is 1. The number of nitrogens with one attached hydrogen (secondary N) is 1. The van der Waals surface area contributed by atoms with E-state index in [0.717, 1.165) is 30.8 Å². The molecule has 0 fully saturated rings. The van der Waals surface area contributed by atoms with E-state index in [0.29, 0.717) is 5.88 Å². The summed E-state index contributed by atoms with van der Waals surface area (Å²) >= 11 is 0. The van der Waals surface area contributed by atoms with E-state index >= 15 is 0 Å². The molecule has 0 bridgehead atoms. The van der Waals surface area contributed by atoms with E-state index in [1.807, 2.05) is 0 Å². The number of fused-ring (bicyclic) bond motifs is 1. The third-order valence-corrected chi connectivity index (χ3v) is 1.86. The zero-order valence-electron chi connectivity index (χ0n) is 6.79. The maximum absolute atomic E-state index is 5.06. The number of hydrogen-bond donors (Lipinski definition) is 1. The van der Waals surface area contributed by atoms with Crippen LogP contribution in [-0.4, -0.2) is 18.8 Å². The van der Waals surface area contributed by atoms with Gasteiger partial charge in [-0.05, 0) is 5.16 Å². The summed E-state index contributed by atoms with van der Waals surface area (Å²) in [6, 6.07) is 0. The molecule has 1 aromatic rings. The zero-order valence-corrected chi connectivity index (χ0v) is 7.61. The lowest BCUT2D eigenvalue weighted by molar-refractivity contribution is 0.326. The molecule has 1 aliphatic rings. The Morgan fingerprint density at radius 1 is 1.58 bits per heavy atom. The normalized spacial score (nSPS) is 14.8. The molecule has 0 spiro atoms. The summed E-state index contributed by atoms with van der Waals surface area (Å²) in [5.74, 6) is 1.58. The molecule has 0 unspecified atom stereocenters. The van der Waals surface area contributed by atoms with Gasteiger partial charge in [0.2, 0.25) is 0 Å². The van der Waals surface area contributed by atoms with Gasteiger partial charge in [-0.15, -0.1) is 12.4 Å². The first-order valence-corrected chi connectivity index (χ1v) is 3.64. The maximum atomic E-state index is 5.06. The lowest BCUT2D eigenvalue weighted by atomic mass is 10.1. The number of methoxy groups -OCH3 is 1. The third-order valence-electron chi connectivity index (χ3n) is 1.86. The molecule has 68 valence electrons. The molecule has 0 aliphatic carbocycles. The predicted molar refractivity (Wildman–Crippen MR) is 45.7 cm³/mol. The second-order valence-corrected chi connectivity index (χ2v) is 2.52. The summed E-state index contributed by atoms with van der Waals surface area (Å²) < 4.78 is 10.1. The smallest absolute Gasteiger partial charge is 0.258 e. The molecule has 0 aromatic carbocycles. The molecule has 1 N–H and O–H groups in total. The molecule has 4 nitrogen and oxygen atoms in total. The number of hydrogen-bond acceptors (Lipinski definition) is 4. The lowest BCUT2D eigenvalue weighted by Crippen LogP contribution is -2.22. The minimum absolute atomic E-state index is 0. The standard InChI is InChI=1S/C7H10N2O2.ClH/c1-10-7-5-4-8-3-2-6(5)11-9-7;/h8H,2-4H2,1H3;1H. The molecule has 12 heavy (non-hydrogen) atoms. The van der Waals surface area contributed by atoms with Crippen LogP contribution in [0.25, 0.3) is 0 Å². The van der Waals surface area contributed by atoms with Crippen LogP contribution in [0.1, 0.15) is 11.3 Å². The fourth-order valence-electron chi connectivity index (χ4n) is 1.27. The van der Waals surface area contributed by atoms with Gasteiger partial charge in [0, 0.05) is 19.5 Å². The van der Waals surface area contributed by atoms with Gasteiger partial charge >= 0.3 is 0 Å². The molecular weight excluding hydrogens is 180 g/mol. The van der Waals surface area contributed by atoms with Gasteiger partial charge in [-0.1, -0.05) is 0 Å². The summed E-state index contributed by atoms with van der Waals surface area (Å²) in [7, 11) is 1.60. The Kier molecular flexibility index (Phi) is 2.94. The van der Waals surface area contributed by atoms with Crippen molar-refractivity contribution in [3.8, 4) is 5.88 Å². The Morgan fingerprint density at radius 2 is 2.42 bits per heavy atom. The van der Waals surface area contributed by atoms with Crippen LogP contribution in [0.2, 0.25) is 0 Å². The molecule has 0 saturated carbocycles. The maximum Gasteiger partial charge on any atom is 0.258 e. The Balaban J connectivity index is 0.000000720. The van der Waals surface area contributed by atoms with Crippen molar-refractivity contribution in [1.82, 2.24) is 10.5 Å². The Bertz CT molecular complexity index is 248.